The van der Waals surface area contributed by atoms with E-state index >= 15 is 0 Å². The number of hydrogen-bond acceptors (Lipinski definition) is 6. The summed E-state index contributed by atoms with van der Waals surface area (Å²) in [5.74, 6) is 0.619. The third kappa shape index (κ3) is 3.66. The highest BCUT2D eigenvalue weighted by Crippen LogP contribution is 2.27. The number of aromatic nitrogens is 2. The molecule has 0 N–H and O–H groups in total. The first-order valence-corrected chi connectivity index (χ1v) is 8.58. The summed E-state index contributed by atoms with van der Waals surface area (Å²) in [4.78, 5) is 31.8. The van der Waals surface area contributed by atoms with Crippen molar-refractivity contribution < 1.29 is 9.72 Å². The zero-order valence-corrected chi connectivity index (χ0v) is 14.5. The van der Waals surface area contributed by atoms with Gasteiger partial charge in [-0.05, 0) is 19.9 Å². The van der Waals surface area contributed by atoms with Gasteiger partial charge < -0.3 is 0 Å². The monoisotopic (exact) mass is 353 g/mol. The van der Waals surface area contributed by atoms with Crippen LogP contribution in [0.5, 0.6) is 0 Å². The van der Waals surface area contributed by atoms with Gasteiger partial charge in [0.2, 0.25) is 0 Å². The lowest BCUT2D eigenvalue weighted by molar-refractivity contribution is -0.385. The third-order valence-electron chi connectivity index (χ3n) is 3.75. The number of carbonyl (C=O) groups excluding carboxylic acids is 1. The standard InChI is InChI=1S/C18H15N3O3S/c1-11-7-8-13(9-16(11)21(23)24)17(22)10-25-18-14-5-3-4-6-15(14)19-12(2)20-18/h3-9H,10H2,1-2H3. The molecule has 0 aliphatic heterocycles. The van der Waals surface area contributed by atoms with E-state index in [1.165, 1.54) is 17.8 Å². The molecule has 0 amide bonds. The van der Waals surface area contributed by atoms with Gasteiger partial charge in [0.05, 0.1) is 16.2 Å². The second-order valence-electron chi connectivity index (χ2n) is 5.56. The molecule has 1 heterocycles. The van der Waals surface area contributed by atoms with Crippen LogP contribution in [-0.4, -0.2) is 26.4 Å². The molecule has 0 unspecified atom stereocenters. The van der Waals surface area contributed by atoms with Crippen molar-refractivity contribution in [3.8, 4) is 0 Å². The molecule has 0 atom stereocenters. The van der Waals surface area contributed by atoms with E-state index in [9.17, 15) is 14.9 Å². The quantitative estimate of drug-likeness (QED) is 0.225. The highest BCUT2D eigenvalue weighted by Gasteiger charge is 2.16. The summed E-state index contributed by atoms with van der Waals surface area (Å²) in [6, 6.07) is 12.2. The predicted molar refractivity (Wildman–Crippen MR) is 97.2 cm³/mol. The van der Waals surface area contributed by atoms with E-state index in [2.05, 4.69) is 9.97 Å². The molecule has 2 aromatic carbocycles. The van der Waals surface area contributed by atoms with E-state index < -0.39 is 4.92 Å². The first-order chi connectivity index (χ1) is 12.0. The minimum atomic E-state index is -0.472. The predicted octanol–water partition coefficient (Wildman–Crippen LogP) is 4.13. The van der Waals surface area contributed by atoms with Gasteiger partial charge in [-0.15, -0.1) is 0 Å². The maximum Gasteiger partial charge on any atom is 0.273 e. The number of nitrogens with zero attached hydrogens (tertiary/aromatic N) is 3. The number of benzene rings is 2. The van der Waals surface area contributed by atoms with Gasteiger partial charge in [-0.1, -0.05) is 42.1 Å². The van der Waals surface area contributed by atoms with Crippen LogP contribution in [-0.2, 0) is 0 Å². The zero-order valence-electron chi connectivity index (χ0n) is 13.7. The number of fused-ring (bicyclic) bond motifs is 1. The van der Waals surface area contributed by atoms with Crippen LogP contribution >= 0.6 is 11.8 Å². The number of thioether (sulfide) groups is 1. The number of para-hydroxylation sites is 1. The molecule has 0 aliphatic carbocycles. The smallest absolute Gasteiger partial charge is 0.273 e. The third-order valence-corrected chi connectivity index (χ3v) is 4.74. The van der Waals surface area contributed by atoms with Crippen molar-refractivity contribution >= 4 is 34.1 Å². The molecule has 7 heteroatoms. The second kappa shape index (κ2) is 6.98. The van der Waals surface area contributed by atoms with Crippen LogP contribution in [0.1, 0.15) is 21.7 Å². The minimum absolute atomic E-state index is 0.0424. The van der Waals surface area contributed by atoms with Crippen LogP contribution in [0.2, 0.25) is 0 Å². The van der Waals surface area contributed by atoms with E-state index in [1.807, 2.05) is 31.2 Å². The van der Waals surface area contributed by atoms with E-state index in [0.717, 1.165) is 15.9 Å². The van der Waals surface area contributed by atoms with Gasteiger partial charge in [-0.25, -0.2) is 9.97 Å². The Morgan fingerprint density at radius 2 is 1.92 bits per heavy atom. The number of hydrogen-bond donors (Lipinski definition) is 0. The van der Waals surface area contributed by atoms with Crippen LogP contribution in [0, 0.1) is 24.0 Å². The molecule has 0 aliphatic rings. The fourth-order valence-corrected chi connectivity index (χ4v) is 3.42. The maximum absolute atomic E-state index is 12.4. The van der Waals surface area contributed by atoms with Crippen LogP contribution < -0.4 is 0 Å². The fraction of sp³-hybridized carbons (Fsp3) is 0.167. The van der Waals surface area contributed by atoms with Gasteiger partial charge in [0.15, 0.2) is 5.78 Å². The Morgan fingerprint density at radius 3 is 2.68 bits per heavy atom. The normalized spacial score (nSPS) is 10.8. The number of rotatable bonds is 5. The van der Waals surface area contributed by atoms with Gasteiger partial charge in [0, 0.05) is 22.6 Å². The molecule has 6 nitrogen and oxygen atoms in total. The van der Waals surface area contributed by atoms with Gasteiger partial charge in [0.25, 0.3) is 5.69 Å². The van der Waals surface area contributed by atoms with Crippen LogP contribution in [0.15, 0.2) is 47.5 Å². The number of nitro benzene ring substituents is 1. The van der Waals surface area contributed by atoms with Gasteiger partial charge in [-0.2, -0.15) is 0 Å². The van der Waals surface area contributed by atoms with Crippen LogP contribution in [0.3, 0.4) is 0 Å². The lowest BCUT2D eigenvalue weighted by Gasteiger charge is -2.06. The van der Waals surface area contributed by atoms with Gasteiger partial charge >= 0.3 is 0 Å². The number of aryl methyl sites for hydroxylation is 2. The average molecular weight is 353 g/mol. The van der Waals surface area contributed by atoms with Crippen LogP contribution in [0.4, 0.5) is 5.69 Å². The Bertz CT molecular complexity index is 988. The summed E-state index contributed by atoms with van der Waals surface area (Å²) in [5, 5.41) is 12.7. The number of Topliss-reactive ketones (excluding diaryl/α,β-unsaturated/α-hetero) is 1. The van der Waals surface area contributed by atoms with E-state index in [-0.39, 0.29) is 17.2 Å². The molecule has 0 saturated heterocycles. The first kappa shape index (κ1) is 17.0. The van der Waals surface area contributed by atoms with Crippen molar-refractivity contribution in [2.75, 3.05) is 5.75 Å². The summed E-state index contributed by atoms with van der Waals surface area (Å²) in [6.45, 7) is 3.46. The molecule has 3 aromatic rings. The maximum atomic E-state index is 12.4. The molecule has 0 fully saturated rings. The molecular weight excluding hydrogens is 338 g/mol. The molecule has 0 radical (unpaired) electrons. The number of ketones is 1. The largest absolute Gasteiger partial charge is 0.293 e. The van der Waals surface area contributed by atoms with Crippen LogP contribution in [0.25, 0.3) is 10.9 Å². The van der Waals surface area contributed by atoms with Crippen molar-refractivity contribution in [1.82, 2.24) is 9.97 Å². The molecule has 1 aromatic heterocycles. The second-order valence-corrected chi connectivity index (χ2v) is 6.53. The number of carbonyl (C=O) groups is 1. The molecule has 126 valence electrons. The van der Waals surface area contributed by atoms with E-state index in [0.29, 0.717) is 17.0 Å². The van der Waals surface area contributed by atoms with Crippen molar-refractivity contribution in [2.45, 2.75) is 18.9 Å². The average Bonchev–Trinajstić information content (AvgIpc) is 2.59. The summed E-state index contributed by atoms with van der Waals surface area (Å²) >= 11 is 1.31. The minimum Gasteiger partial charge on any atom is -0.293 e. The number of nitro groups is 1. The topological polar surface area (TPSA) is 86.0 Å². The summed E-state index contributed by atoms with van der Waals surface area (Å²) in [7, 11) is 0. The SMILES string of the molecule is Cc1nc(SCC(=O)c2ccc(C)c([N+](=O)[O-])c2)c2ccccc2n1. The molecule has 0 spiro atoms. The lowest BCUT2D eigenvalue weighted by atomic mass is 10.1. The van der Waals surface area contributed by atoms with E-state index in [1.54, 1.807) is 19.1 Å². The summed E-state index contributed by atoms with van der Waals surface area (Å²) in [5.41, 5.74) is 1.65. The Kier molecular flexibility index (Phi) is 4.76. The molecule has 25 heavy (non-hydrogen) atoms. The van der Waals surface area contributed by atoms with Crippen molar-refractivity contribution in [2.24, 2.45) is 0 Å². The highest BCUT2D eigenvalue weighted by molar-refractivity contribution is 8.00. The Labute approximate surface area is 148 Å². The van der Waals surface area contributed by atoms with Gasteiger partial charge in [0.1, 0.15) is 10.9 Å². The lowest BCUT2D eigenvalue weighted by Crippen LogP contribution is -2.05. The van der Waals surface area contributed by atoms with Crippen molar-refractivity contribution in [3.63, 3.8) is 0 Å². The summed E-state index contributed by atoms with van der Waals surface area (Å²) in [6.07, 6.45) is 0. The zero-order chi connectivity index (χ0) is 18.0. The Balaban J connectivity index is 1.84. The van der Waals surface area contributed by atoms with E-state index in [4.69, 9.17) is 0 Å². The molecule has 3 rings (SSSR count). The van der Waals surface area contributed by atoms with Crippen molar-refractivity contribution in [3.05, 3.63) is 69.5 Å². The summed E-state index contributed by atoms with van der Waals surface area (Å²) < 4.78 is 0. The Hall–Kier alpha value is -2.80. The molecule has 0 bridgehead atoms. The van der Waals surface area contributed by atoms with Gasteiger partial charge in [-0.3, -0.25) is 14.9 Å². The fourth-order valence-electron chi connectivity index (χ4n) is 2.47. The first-order valence-electron chi connectivity index (χ1n) is 7.60. The molecule has 0 saturated carbocycles. The van der Waals surface area contributed by atoms with Crippen molar-refractivity contribution in [1.29, 1.82) is 0 Å². The Morgan fingerprint density at radius 1 is 1.16 bits per heavy atom. The molecular formula is C18H15N3O3S. The highest BCUT2D eigenvalue weighted by atomic mass is 32.2.